The molecule has 0 fully saturated rings. The largest absolute Gasteiger partial charge is 0.573 e. The van der Waals surface area contributed by atoms with Crippen LogP contribution in [0.2, 0.25) is 0 Å². The van der Waals surface area contributed by atoms with Crippen LogP contribution < -0.4 is 4.74 Å². The summed E-state index contributed by atoms with van der Waals surface area (Å²) >= 11 is 0. The summed E-state index contributed by atoms with van der Waals surface area (Å²) in [5.41, 5.74) is -0.757. The van der Waals surface area contributed by atoms with Crippen molar-refractivity contribution in [3.8, 4) is 5.75 Å². The van der Waals surface area contributed by atoms with E-state index in [0.29, 0.717) is 0 Å². The lowest BCUT2D eigenvalue weighted by molar-refractivity contribution is -0.274. The fourth-order valence-corrected chi connectivity index (χ4v) is 1.19. The molecule has 0 saturated heterocycles. The van der Waals surface area contributed by atoms with Crippen molar-refractivity contribution in [2.45, 2.75) is 19.0 Å². The first-order valence-electron chi connectivity index (χ1n) is 4.53. The number of alkyl halides is 6. The summed E-state index contributed by atoms with van der Waals surface area (Å²) in [5.74, 6) is -2.43. The summed E-state index contributed by atoms with van der Waals surface area (Å²) in [4.78, 5) is 11.2. The van der Waals surface area contributed by atoms with Crippen molar-refractivity contribution in [2.24, 2.45) is 0 Å². The van der Waals surface area contributed by atoms with Crippen molar-refractivity contribution in [2.75, 3.05) is 0 Å². The number of hydrogen-bond donors (Lipinski definition) is 0. The Morgan fingerprint density at radius 2 is 1.61 bits per heavy atom. The first kappa shape index (κ1) is 14.3. The van der Waals surface area contributed by atoms with Gasteiger partial charge in [-0.15, -0.1) is 13.2 Å². The first-order valence-corrected chi connectivity index (χ1v) is 4.53. The quantitative estimate of drug-likeness (QED) is 0.619. The minimum atomic E-state index is -5.07. The van der Waals surface area contributed by atoms with Crippen LogP contribution in [0, 0.1) is 0 Å². The number of carbonyl (C=O) groups is 1. The minimum Gasteiger partial charge on any atom is -0.405 e. The molecule has 0 bridgehead atoms. The normalized spacial score (nSPS) is 12.3. The van der Waals surface area contributed by atoms with Crippen molar-refractivity contribution in [3.63, 3.8) is 0 Å². The standard InChI is InChI=1S/C10H6F6O2/c11-9(12,13)5-7(17)6-3-1-2-4-8(6)18-10(14,15)16/h1-4H,5H2. The van der Waals surface area contributed by atoms with Crippen molar-refractivity contribution in [3.05, 3.63) is 29.8 Å². The van der Waals surface area contributed by atoms with E-state index in [1.807, 2.05) is 0 Å². The van der Waals surface area contributed by atoms with Gasteiger partial charge in [0.15, 0.2) is 5.78 Å². The minimum absolute atomic E-state index is 0.757. The van der Waals surface area contributed by atoms with Gasteiger partial charge < -0.3 is 4.74 Å². The van der Waals surface area contributed by atoms with Crippen LogP contribution in [0.1, 0.15) is 16.8 Å². The van der Waals surface area contributed by atoms with Crippen molar-refractivity contribution in [1.29, 1.82) is 0 Å². The summed E-state index contributed by atoms with van der Waals surface area (Å²) in [6.07, 6.45) is -11.7. The number of hydrogen-bond acceptors (Lipinski definition) is 2. The molecule has 0 aliphatic heterocycles. The van der Waals surface area contributed by atoms with Crippen LogP contribution in [0.25, 0.3) is 0 Å². The average molecular weight is 272 g/mol. The fraction of sp³-hybridized carbons (Fsp3) is 0.300. The summed E-state index contributed by atoms with van der Waals surface area (Å²) in [5, 5.41) is 0. The second-order valence-electron chi connectivity index (χ2n) is 3.26. The Kier molecular flexibility index (Phi) is 3.88. The monoisotopic (exact) mass is 272 g/mol. The molecular formula is C10H6F6O2. The summed E-state index contributed by atoms with van der Waals surface area (Å²) < 4.78 is 75.3. The maximum absolute atomic E-state index is 12.0. The highest BCUT2D eigenvalue weighted by atomic mass is 19.4. The molecule has 18 heavy (non-hydrogen) atoms. The van der Waals surface area contributed by atoms with Crippen LogP contribution in [0.3, 0.4) is 0 Å². The van der Waals surface area contributed by atoms with Gasteiger partial charge in [0.2, 0.25) is 0 Å². The maximum Gasteiger partial charge on any atom is 0.573 e. The molecule has 100 valence electrons. The lowest BCUT2D eigenvalue weighted by Crippen LogP contribution is -2.20. The van der Waals surface area contributed by atoms with Gasteiger partial charge in [0.1, 0.15) is 12.2 Å². The Balaban J connectivity index is 2.99. The maximum atomic E-state index is 12.0. The van der Waals surface area contributed by atoms with E-state index in [1.54, 1.807) is 0 Å². The molecule has 0 N–H and O–H groups in total. The molecule has 0 unspecified atom stereocenters. The number of carbonyl (C=O) groups excluding carboxylic acids is 1. The molecule has 0 atom stereocenters. The topological polar surface area (TPSA) is 26.3 Å². The van der Waals surface area contributed by atoms with E-state index < -0.39 is 36.1 Å². The second kappa shape index (κ2) is 4.87. The molecule has 0 heterocycles. The molecule has 0 radical (unpaired) electrons. The molecule has 0 aromatic heterocycles. The Morgan fingerprint density at radius 3 is 2.11 bits per heavy atom. The zero-order valence-electron chi connectivity index (χ0n) is 8.60. The first-order chi connectivity index (χ1) is 8.08. The average Bonchev–Trinajstić information content (AvgIpc) is 2.12. The number of Topliss-reactive ketones (excluding diaryl/α,β-unsaturated/α-hetero) is 1. The predicted molar refractivity (Wildman–Crippen MR) is 48.1 cm³/mol. The van der Waals surface area contributed by atoms with Crippen molar-refractivity contribution in [1.82, 2.24) is 0 Å². The highest BCUT2D eigenvalue weighted by Gasteiger charge is 2.35. The molecule has 2 nitrogen and oxygen atoms in total. The van der Waals surface area contributed by atoms with Gasteiger partial charge in [-0.2, -0.15) is 13.2 Å². The van der Waals surface area contributed by atoms with Gasteiger partial charge in [-0.05, 0) is 12.1 Å². The molecule has 0 saturated carbocycles. The highest BCUT2D eigenvalue weighted by molar-refractivity contribution is 5.99. The van der Waals surface area contributed by atoms with Crippen molar-refractivity contribution >= 4 is 5.78 Å². The molecule has 0 aliphatic rings. The van der Waals surface area contributed by atoms with E-state index in [1.165, 1.54) is 0 Å². The number of benzene rings is 1. The molecule has 1 aromatic carbocycles. The molecular weight excluding hydrogens is 266 g/mol. The molecule has 0 aliphatic carbocycles. The summed E-state index contributed by atoms with van der Waals surface area (Å²) in [7, 11) is 0. The van der Waals surface area contributed by atoms with E-state index in [4.69, 9.17) is 0 Å². The SMILES string of the molecule is O=C(CC(F)(F)F)c1ccccc1OC(F)(F)F. The van der Waals surface area contributed by atoms with Gasteiger partial charge in [0.25, 0.3) is 0 Å². The lowest BCUT2D eigenvalue weighted by Gasteiger charge is -2.13. The zero-order valence-corrected chi connectivity index (χ0v) is 8.60. The van der Waals surface area contributed by atoms with Crippen LogP contribution in [-0.2, 0) is 0 Å². The molecule has 0 amide bonds. The lowest BCUT2D eigenvalue weighted by atomic mass is 10.1. The van der Waals surface area contributed by atoms with Crippen LogP contribution in [0.15, 0.2) is 24.3 Å². The highest BCUT2D eigenvalue weighted by Crippen LogP contribution is 2.29. The Morgan fingerprint density at radius 1 is 1.06 bits per heavy atom. The van der Waals surface area contributed by atoms with Gasteiger partial charge in [-0.3, -0.25) is 4.79 Å². The third kappa shape index (κ3) is 4.64. The van der Waals surface area contributed by atoms with Crippen LogP contribution >= 0.6 is 0 Å². The summed E-state index contributed by atoms with van der Waals surface area (Å²) in [6, 6.07) is 3.88. The Labute approximate surface area is 97.2 Å². The van der Waals surface area contributed by atoms with Gasteiger partial charge in [0.05, 0.1) is 5.56 Å². The summed E-state index contributed by atoms with van der Waals surface area (Å²) in [6.45, 7) is 0. The number of ether oxygens (including phenoxy) is 1. The van der Waals surface area contributed by atoms with Crippen LogP contribution in [-0.4, -0.2) is 18.3 Å². The predicted octanol–water partition coefficient (Wildman–Crippen LogP) is 3.72. The fourth-order valence-electron chi connectivity index (χ4n) is 1.19. The van der Waals surface area contributed by atoms with E-state index in [2.05, 4.69) is 4.74 Å². The van der Waals surface area contributed by atoms with Gasteiger partial charge in [0, 0.05) is 0 Å². The van der Waals surface area contributed by atoms with E-state index in [0.717, 1.165) is 24.3 Å². The zero-order chi connectivity index (χ0) is 14.0. The van der Waals surface area contributed by atoms with E-state index in [-0.39, 0.29) is 0 Å². The van der Waals surface area contributed by atoms with Gasteiger partial charge in [-0.25, -0.2) is 0 Å². The van der Waals surface area contributed by atoms with Crippen LogP contribution in [0.5, 0.6) is 5.75 Å². The third-order valence-electron chi connectivity index (χ3n) is 1.77. The second-order valence-corrected chi connectivity index (χ2v) is 3.26. The Bertz CT molecular complexity index is 435. The van der Waals surface area contributed by atoms with Gasteiger partial charge in [-0.1, -0.05) is 12.1 Å². The number of halogens is 6. The van der Waals surface area contributed by atoms with E-state index in [9.17, 15) is 31.1 Å². The Hall–Kier alpha value is -1.73. The smallest absolute Gasteiger partial charge is 0.405 e. The molecule has 1 aromatic rings. The number of rotatable bonds is 3. The van der Waals surface area contributed by atoms with Crippen LogP contribution in [0.4, 0.5) is 26.3 Å². The number of ketones is 1. The van der Waals surface area contributed by atoms with E-state index >= 15 is 0 Å². The molecule has 0 spiro atoms. The molecule has 8 heteroatoms. The number of para-hydroxylation sites is 1. The molecule has 1 rings (SSSR count). The third-order valence-corrected chi connectivity index (χ3v) is 1.77. The van der Waals surface area contributed by atoms with Crippen molar-refractivity contribution < 1.29 is 35.9 Å². The van der Waals surface area contributed by atoms with Gasteiger partial charge >= 0.3 is 12.5 Å².